The number of nitrogens with one attached hydrogen (secondary N) is 2. The second-order valence-corrected chi connectivity index (χ2v) is 5.24. The maximum Gasteiger partial charge on any atom is 0.228 e. The van der Waals surface area contributed by atoms with Crippen LogP contribution in [0, 0.1) is 11.3 Å². The van der Waals surface area contributed by atoms with Crippen LogP contribution < -0.4 is 5.32 Å². The van der Waals surface area contributed by atoms with Crippen molar-refractivity contribution in [1.82, 2.24) is 5.32 Å². The average molecular weight is 275 g/mol. The number of allylic oxidation sites excluding steroid dienone is 3. The van der Waals surface area contributed by atoms with Crippen molar-refractivity contribution < 1.29 is 4.79 Å². The topological polar surface area (TPSA) is 65.3 Å². The molecule has 4 nitrogen and oxygen atoms in total. The maximum absolute atomic E-state index is 12.0. The zero-order valence-corrected chi connectivity index (χ0v) is 12.7. The van der Waals surface area contributed by atoms with E-state index < -0.39 is 0 Å². The summed E-state index contributed by atoms with van der Waals surface area (Å²) >= 11 is 0. The quantitative estimate of drug-likeness (QED) is 0.543. The Hall–Kier alpha value is -1.71. The first-order chi connectivity index (χ1) is 9.56. The second-order valence-electron chi connectivity index (χ2n) is 5.24. The summed E-state index contributed by atoms with van der Waals surface area (Å²) in [5, 5.41) is 10.9. The molecule has 1 aliphatic rings. The molecule has 1 unspecified atom stereocenters. The molecule has 0 fully saturated rings. The van der Waals surface area contributed by atoms with E-state index in [2.05, 4.69) is 24.2 Å². The number of carbonyl (C=O) groups is 1. The Morgan fingerprint density at radius 1 is 1.60 bits per heavy atom. The first-order valence-corrected chi connectivity index (χ1v) is 7.26. The first kappa shape index (κ1) is 16.3. The van der Waals surface area contributed by atoms with E-state index in [1.807, 2.05) is 19.2 Å². The number of amides is 1. The minimum Gasteiger partial charge on any atom is -0.325 e. The predicted molar refractivity (Wildman–Crippen MR) is 84.4 cm³/mol. The van der Waals surface area contributed by atoms with Gasteiger partial charge in [-0.05, 0) is 24.8 Å². The Labute approximate surface area is 121 Å². The highest BCUT2D eigenvalue weighted by molar-refractivity contribution is 6.01. The average Bonchev–Trinajstić information content (AvgIpc) is 2.45. The van der Waals surface area contributed by atoms with E-state index in [1.165, 1.54) is 0 Å². The van der Waals surface area contributed by atoms with Crippen LogP contribution in [0.1, 0.15) is 46.5 Å². The molecule has 0 bridgehead atoms. The molecule has 4 heteroatoms. The number of aliphatic imine (C=N–C) groups is 1. The number of rotatable bonds is 7. The van der Waals surface area contributed by atoms with E-state index >= 15 is 0 Å². The van der Waals surface area contributed by atoms with Crippen LogP contribution in [0.2, 0.25) is 0 Å². The number of carbonyl (C=O) groups excluding carboxylic acids is 1. The van der Waals surface area contributed by atoms with Gasteiger partial charge in [0.2, 0.25) is 5.91 Å². The molecule has 0 radical (unpaired) electrons. The Kier molecular flexibility index (Phi) is 6.91. The van der Waals surface area contributed by atoms with Crippen LogP contribution in [0.3, 0.4) is 0 Å². The molecule has 1 rings (SSSR count). The highest BCUT2D eigenvalue weighted by atomic mass is 16.1. The molecular formula is C16H25N3O. The van der Waals surface area contributed by atoms with E-state index in [9.17, 15) is 4.79 Å². The lowest BCUT2D eigenvalue weighted by molar-refractivity contribution is -0.119. The van der Waals surface area contributed by atoms with Gasteiger partial charge in [0.05, 0.1) is 18.0 Å². The van der Waals surface area contributed by atoms with Crippen molar-refractivity contribution in [2.24, 2.45) is 10.9 Å². The van der Waals surface area contributed by atoms with Crippen molar-refractivity contribution >= 4 is 17.8 Å². The molecule has 0 aromatic carbocycles. The van der Waals surface area contributed by atoms with Crippen LogP contribution in [0.15, 0.2) is 28.4 Å². The van der Waals surface area contributed by atoms with E-state index in [0.717, 1.165) is 18.4 Å². The van der Waals surface area contributed by atoms with Crippen molar-refractivity contribution in [1.29, 1.82) is 5.41 Å². The van der Waals surface area contributed by atoms with Crippen LogP contribution in [0.4, 0.5) is 0 Å². The SMILES string of the molecule is C/C=C(/NC(=O)CC1=CCC=NC1)C(=N)CC(C)CC. The number of nitrogens with zero attached hydrogens (tertiary/aromatic N) is 1. The van der Waals surface area contributed by atoms with Crippen LogP contribution in [0.5, 0.6) is 0 Å². The number of hydrogen-bond acceptors (Lipinski definition) is 3. The van der Waals surface area contributed by atoms with Crippen molar-refractivity contribution in [2.75, 3.05) is 6.54 Å². The van der Waals surface area contributed by atoms with Crippen molar-refractivity contribution in [3.05, 3.63) is 23.4 Å². The summed E-state index contributed by atoms with van der Waals surface area (Å²) in [5.41, 5.74) is 2.19. The Morgan fingerprint density at radius 2 is 2.35 bits per heavy atom. The zero-order valence-electron chi connectivity index (χ0n) is 12.7. The summed E-state index contributed by atoms with van der Waals surface area (Å²) in [6, 6.07) is 0. The maximum atomic E-state index is 12.0. The van der Waals surface area contributed by atoms with E-state index in [-0.39, 0.29) is 5.91 Å². The monoisotopic (exact) mass is 275 g/mol. The van der Waals surface area contributed by atoms with Gasteiger partial charge in [-0.1, -0.05) is 32.4 Å². The number of dihydropyridines is 1. The van der Waals surface area contributed by atoms with Gasteiger partial charge in [0.1, 0.15) is 0 Å². The van der Waals surface area contributed by atoms with Crippen molar-refractivity contribution in [3.63, 3.8) is 0 Å². The fraction of sp³-hybridized carbons (Fsp3) is 0.562. The molecule has 0 aromatic rings. The highest BCUT2D eigenvalue weighted by Crippen LogP contribution is 2.12. The van der Waals surface area contributed by atoms with Crippen LogP contribution in [0.25, 0.3) is 0 Å². The normalized spacial score (nSPS) is 16.6. The molecule has 20 heavy (non-hydrogen) atoms. The minimum atomic E-state index is -0.0599. The molecule has 1 atom stereocenters. The Bertz CT molecular complexity index is 447. The summed E-state index contributed by atoms with van der Waals surface area (Å²) in [5.74, 6) is 0.403. The number of hydrogen-bond donors (Lipinski definition) is 2. The lowest BCUT2D eigenvalue weighted by Crippen LogP contribution is -2.28. The molecule has 110 valence electrons. The van der Waals surface area contributed by atoms with Gasteiger partial charge in [-0.2, -0.15) is 0 Å². The molecule has 0 saturated heterocycles. The Morgan fingerprint density at radius 3 is 2.90 bits per heavy atom. The third-order valence-electron chi connectivity index (χ3n) is 3.46. The van der Waals surface area contributed by atoms with Crippen LogP contribution >= 0.6 is 0 Å². The second kappa shape index (κ2) is 8.46. The summed E-state index contributed by atoms with van der Waals surface area (Å²) in [6.07, 6.45) is 8.62. The van der Waals surface area contributed by atoms with Gasteiger partial charge in [0.25, 0.3) is 0 Å². The van der Waals surface area contributed by atoms with E-state index in [1.54, 1.807) is 6.08 Å². The predicted octanol–water partition coefficient (Wildman–Crippen LogP) is 3.25. The minimum absolute atomic E-state index is 0.0599. The molecule has 1 heterocycles. The van der Waals surface area contributed by atoms with Gasteiger partial charge in [0, 0.05) is 19.1 Å². The van der Waals surface area contributed by atoms with Gasteiger partial charge in [0.15, 0.2) is 0 Å². The molecular weight excluding hydrogens is 250 g/mol. The van der Waals surface area contributed by atoms with Crippen LogP contribution in [-0.4, -0.2) is 24.4 Å². The summed E-state index contributed by atoms with van der Waals surface area (Å²) in [7, 11) is 0. The fourth-order valence-corrected chi connectivity index (χ4v) is 1.99. The molecule has 2 N–H and O–H groups in total. The fourth-order valence-electron chi connectivity index (χ4n) is 1.99. The van der Waals surface area contributed by atoms with Gasteiger partial charge in [-0.3, -0.25) is 9.79 Å². The lowest BCUT2D eigenvalue weighted by Gasteiger charge is -2.15. The van der Waals surface area contributed by atoms with E-state index in [4.69, 9.17) is 5.41 Å². The smallest absolute Gasteiger partial charge is 0.228 e. The molecule has 0 spiro atoms. The first-order valence-electron chi connectivity index (χ1n) is 7.26. The molecule has 0 saturated carbocycles. The van der Waals surface area contributed by atoms with Gasteiger partial charge in [-0.25, -0.2) is 0 Å². The molecule has 0 aromatic heterocycles. The third kappa shape index (κ3) is 5.51. The van der Waals surface area contributed by atoms with Crippen molar-refractivity contribution in [3.8, 4) is 0 Å². The van der Waals surface area contributed by atoms with E-state index in [0.29, 0.717) is 36.7 Å². The largest absolute Gasteiger partial charge is 0.325 e. The van der Waals surface area contributed by atoms with Gasteiger partial charge < -0.3 is 10.7 Å². The lowest BCUT2D eigenvalue weighted by atomic mass is 9.99. The van der Waals surface area contributed by atoms with Crippen molar-refractivity contribution in [2.45, 2.75) is 46.5 Å². The standard InChI is InChI=1S/C16H25N3O/c1-4-12(3)9-14(17)15(5-2)19-16(20)10-13-7-6-8-18-11-13/h5,7-8,12,17H,4,6,9-11H2,1-3H3,(H,19,20)/b15-5+,17-14?. The summed E-state index contributed by atoms with van der Waals surface area (Å²) < 4.78 is 0. The molecule has 1 aliphatic heterocycles. The molecule has 0 aliphatic carbocycles. The zero-order chi connectivity index (χ0) is 15.0. The summed E-state index contributed by atoms with van der Waals surface area (Å²) in [6.45, 7) is 6.70. The molecule has 1 amide bonds. The summed E-state index contributed by atoms with van der Waals surface area (Å²) in [4.78, 5) is 16.2. The Balaban J connectivity index is 2.49. The van der Waals surface area contributed by atoms with Gasteiger partial charge in [-0.15, -0.1) is 0 Å². The van der Waals surface area contributed by atoms with Gasteiger partial charge >= 0.3 is 0 Å². The third-order valence-corrected chi connectivity index (χ3v) is 3.46. The van der Waals surface area contributed by atoms with Crippen LogP contribution in [-0.2, 0) is 4.79 Å². The highest BCUT2D eigenvalue weighted by Gasteiger charge is 2.13.